The van der Waals surface area contributed by atoms with E-state index in [0.29, 0.717) is 6.42 Å². The average Bonchev–Trinajstić information content (AvgIpc) is 2.85. The number of ether oxygens (including phenoxy) is 1. The molecule has 1 unspecified atom stereocenters. The largest absolute Gasteiger partial charge is 0.373 e. The molecule has 5 nitrogen and oxygen atoms in total. The maximum absolute atomic E-state index is 12.7. The number of nitrogens with two attached hydrogens (primary N) is 1. The van der Waals surface area contributed by atoms with Crippen molar-refractivity contribution in [1.82, 2.24) is 15.0 Å². The fourth-order valence-electron chi connectivity index (χ4n) is 1.76. The second kappa shape index (κ2) is 8.30. The molecule has 0 aliphatic carbocycles. The Balaban J connectivity index is 2.47. The van der Waals surface area contributed by atoms with Crippen LogP contribution in [0.1, 0.15) is 19.2 Å². The molecule has 122 valence electrons. The van der Waals surface area contributed by atoms with Crippen molar-refractivity contribution in [1.29, 1.82) is 0 Å². The van der Waals surface area contributed by atoms with Crippen molar-refractivity contribution < 1.29 is 22.3 Å². The van der Waals surface area contributed by atoms with E-state index in [4.69, 9.17) is 5.84 Å². The highest BCUT2D eigenvalue weighted by Crippen LogP contribution is 2.22. The predicted octanol–water partition coefficient (Wildman–Crippen LogP) is 1.58. The summed E-state index contributed by atoms with van der Waals surface area (Å²) in [6, 6.07) is -0.489. The number of alkyl halides is 4. The number of nitrogens with one attached hydrogen (secondary N) is 1. The molecule has 21 heavy (non-hydrogen) atoms. The lowest BCUT2D eigenvalue weighted by molar-refractivity contribution is -0.167. The SMILES string of the molecule is CCCn1ccnc1CC(COCC(F)(F)C(F)F)NN. The van der Waals surface area contributed by atoms with E-state index in [1.54, 1.807) is 12.4 Å². The summed E-state index contributed by atoms with van der Waals surface area (Å²) in [6.45, 7) is 1.24. The van der Waals surface area contributed by atoms with Crippen molar-refractivity contribution in [2.45, 2.75) is 44.7 Å². The Labute approximate surface area is 120 Å². The Morgan fingerprint density at radius 1 is 1.48 bits per heavy atom. The fraction of sp³-hybridized carbons (Fsp3) is 0.750. The van der Waals surface area contributed by atoms with Crippen LogP contribution in [0.3, 0.4) is 0 Å². The number of imidazole rings is 1. The zero-order valence-electron chi connectivity index (χ0n) is 11.7. The molecule has 1 aromatic heterocycles. The molecular weight excluding hydrogens is 292 g/mol. The highest BCUT2D eigenvalue weighted by Gasteiger charge is 2.41. The number of aromatic nitrogens is 2. The molecule has 9 heteroatoms. The lowest BCUT2D eigenvalue weighted by Crippen LogP contribution is -2.42. The second-order valence-corrected chi connectivity index (χ2v) is 4.68. The molecule has 0 bridgehead atoms. The first-order valence-corrected chi connectivity index (χ1v) is 6.60. The molecule has 0 saturated heterocycles. The zero-order chi connectivity index (χ0) is 15.9. The smallest absolute Gasteiger partial charge is 0.330 e. The van der Waals surface area contributed by atoms with Gasteiger partial charge in [0.15, 0.2) is 0 Å². The maximum Gasteiger partial charge on any atom is 0.330 e. The summed E-state index contributed by atoms with van der Waals surface area (Å²) in [5.41, 5.74) is 2.41. The number of hydrogen-bond donors (Lipinski definition) is 2. The predicted molar refractivity (Wildman–Crippen MR) is 69.1 cm³/mol. The third-order valence-electron chi connectivity index (χ3n) is 2.86. The van der Waals surface area contributed by atoms with Crippen LogP contribution >= 0.6 is 0 Å². The van der Waals surface area contributed by atoms with E-state index in [9.17, 15) is 17.6 Å². The van der Waals surface area contributed by atoms with Crippen molar-refractivity contribution in [3.8, 4) is 0 Å². The summed E-state index contributed by atoms with van der Waals surface area (Å²) in [5, 5.41) is 0. The van der Waals surface area contributed by atoms with Gasteiger partial charge in [-0.2, -0.15) is 8.78 Å². The molecule has 0 spiro atoms. The number of hydrogen-bond acceptors (Lipinski definition) is 4. The van der Waals surface area contributed by atoms with Crippen LogP contribution in [0.2, 0.25) is 0 Å². The Kier molecular flexibility index (Phi) is 7.06. The van der Waals surface area contributed by atoms with E-state index in [-0.39, 0.29) is 6.61 Å². The maximum atomic E-state index is 12.7. The van der Waals surface area contributed by atoms with Gasteiger partial charge in [0.1, 0.15) is 12.4 Å². The van der Waals surface area contributed by atoms with Crippen molar-refractivity contribution in [3.63, 3.8) is 0 Å². The molecule has 3 N–H and O–H groups in total. The summed E-state index contributed by atoms with van der Waals surface area (Å²) in [7, 11) is 0. The van der Waals surface area contributed by atoms with Gasteiger partial charge in [0.2, 0.25) is 0 Å². The van der Waals surface area contributed by atoms with E-state index < -0.39 is 25.0 Å². The molecule has 0 amide bonds. The van der Waals surface area contributed by atoms with Crippen LogP contribution in [0.15, 0.2) is 12.4 Å². The topological polar surface area (TPSA) is 65.1 Å². The summed E-state index contributed by atoms with van der Waals surface area (Å²) >= 11 is 0. The van der Waals surface area contributed by atoms with Gasteiger partial charge < -0.3 is 9.30 Å². The Morgan fingerprint density at radius 3 is 2.76 bits per heavy atom. The van der Waals surface area contributed by atoms with Gasteiger partial charge in [0.25, 0.3) is 0 Å². The van der Waals surface area contributed by atoms with Gasteiger partial charge >= 0.3 is 12.3 Å². The fourth-order valence-corrected chi connectivity index (χ4v) is 1.76. The molecule has 0 aliphatic rings. The quantitative estimate of drug-likeness (QED) is 0.391. The zero-order valence-corrected chi connectivity index (χ0v) is 11.7. The number of nitrogens with zero attached hydrogens (tertiary/aromatic N) is 2. The molecule has 1 atom stereocenters. The first-order valence-electron chi connectivity index (χ1n) is 6.60. The molecule has 0 aliphatic heterocycles. The molecular formula is C12H20F4N4O. The first-order chi connectivity index (χ1) is 9.90. The van der Waals surface area contributed by atoms with E-state index in [1.165, 1.54) is 0 Å². The lowest BCUT2D eigenvalue weighted by atomic mass is 10.2. The van der Waals surface area contributed by atoms with Gasteiger partial charge in [-0.15, -0.1) is 0 Å². The molecule has 0 saturated carbocycles. The number of halogens is 4. The number of aryl methyl sites for hydroxylation is 1. The van der Waals surface area contributed by atoms with Crippen LogP contribution in [0.4, 0.5) is 17.6 Å². The molecule has 0 aromatic carbocycles. The third-order valence-corrected chi connectivity index (χ3v) is 2.86. The minimum atomic E-state index is -4.15. The van der Waals surface area contributed by atoms with Crippen LogP contribution in [-0.4, -0.2) is 41.2 Å². The normalized spacial score (nSPS) is 13.9. The van der Waals surface area contributed by atoms with Gasteiger partial charge in [-0.3, -0.25) is 11.3 Å². The van der Waals surface area contributed by atoms with Crippen LogP contribution in [-0.2, 0) is 17.7 Å². The van der Waals surface area contributed by atoms with Gasteiger partial charge in [0.05, 0.1) is 12.6 Å². The minimum absolute atomic E-state index is 0.211. The average molecular weight is 312 g/mol. The highest BCUT2D eigenvalue weighted by atomic mass is 19.3. The van der Waals surface area contributed by atoms with Gasteiger partial charge in [0, 0.05) is 25.4 Å². The van der Waals surface area contributed by atoms with Crippen molar-refractivity contribution in [3.05, 3.63) is 18.2 Å². The minimum Gasteiger partial charge on any atom is -0.373 e. The van der Waals surface area contributed by atoms with Crippen LogP contribution < -0.4 is 11.3 Å². The summed E-state index contributed by atoms with van der Waals surface area (Å²) < 4.78 is 55.9. The Hall–Kier alpha value is -1.19. The lowest BCUT2D eigenvalue weighted by Gasteiger charge is -2.19. The number of hydrazine groups is 1. The van der Waals surface area contributed by atoms with E-state index >= 15 is 0 Å². The monoisotopic (exact) mass is 312 g/mol. The molecule has 0 radical (unpaired) electrons. The standard InChI is InChI=1S/C12H20F4N4O/c1-2-4-20-5-3-18-10(20)6-9(19-17)7-21-8-12(15,16)11(13)14/h3,5,9,11,19H,2,4,6-8,17H2,1H3. The summed E-state index contributed by atoms with van der Waals surface area (Å²) in [6.07, 6.45) is 0.957. The third kappa shape index (κ3) is 5.60. The second-order valence-electron chi connectivity index (χ2n) is 4.68. The van der Waals surface area contributed by atoms with Crippen molar-refractivity contribution in [2.24, 2.45) is 5.84 Å². The van der Waals surface area contributed by atoms with Gasteiger partial charge in [-0.05, 0) is 6.42 Å². The van der Waals surface area contributed by atoms with Crippen molar-refractivity contribution >= 4 is 0 Å². The van der Waals surface area contributed by atoms with E-state index in [0.717, 1.165) is 18.8 Å². The van der Waals surface area contributed by atoms with Gasteiger partial charge in [-0.1, -0.05) is 6.92 Å². The highest BCUT2D eigenvalue weighted by molar-refractivity contribution is 4.95. The van der Waals surface area contributed by atoms with Crippen LogP contribution in [0.5, 0.6) is 0 Å². The summed E-state index contributed by atoms with van der Waals surface area (Å²) in [5.74, 6) is 1.89. The first kappa shape index (κ1) is 17.9. The van der Waals surface area contributed by atoms with E-state index in [2.05, 4.69) is 15.1 Å². The Bertz CT molecular complexity index is 414. The number of rotatable bonds is 10. The van der Waals surface area contributed by atoms with Crippen LogP contribution in [0.25, 0.3) is 0 Å². The van der Waals surface area contributed by atoms with Gasteiger partial charge in [-0.25, -0.2) is 13.8 Å². The van der Waals surface area contributed by atoms with E-state index in [1.807, 2.05) is 11.5 Å². The Morgan fingerprint density at radius 2 is 2.19 bits per heavy atom. The molecule has 1 aromatic rings. The summed E-state index contributed by atoms with van der Waals surface area (Å²) in [4.78, 5) is 4.15. The van der Waals surface area contributed by atoms with Crippen LogP contribution in [0, 0.1) is 0 Å². The molecule has 1 heterocycles. The molecule has 0 fully saturated rings. The van der Waals surface area contributed by atoms with Crippen molar-refractivity contribution in [2.75, 3.05) is 13.2 Å². The molecule has 1 rings (SSSR count).